The molecule has 0 bridgehead atoms. The van der Waals surface area contributed by atoms with Crippen molar-refractivity contribution < 1.29 is 12.8 Å². The van der Waals surface area contributed by atoms with E-state index in [1.54, 1.807) is 13.8 Å². The van der Waals surface area contributed by atoms with Crippen molar-refractivity contribution in [2.75, 3.05) is 6.54 Å². The van der Waals surface area contributed by atoms with Gasteiger partial charge in [-0.1, -0.05) is 6.07 Å². The van der Waals surface area contributed by atoms with Crippen LogP contribution >= 0.6 is 0 Å². The Labute approximate surface area is 156 Å². The van der Waals surface area contributed by atoms with Gasteiger partial charge in [-0.25, -0.2) is 12.8 Å². The molecule has 1 atom stereocenters. The number of benzene rings is 1. The highest BCUT2D eigenvalue weighted by molar-refractivity contribution is 7.72. The van der Waals surface area contributed by atoms with Crippen LogP contribution in [0.4, 0.5) is 4.39 Å². The minimum Gasteiger partial charge on any atom is -0.367 e. The van der Waals surface area contributed by atoms with Crippen LogP contribution < -0.4 is 5.73 Å². The predicted molar refractivity (Wildman–Crippen MR) is 101 cm³/mol. The molecule has 1 aromatic rings. The molecule has 1 aliphatic heterocycles. The molecule has 1 saturated carbocycles. The van der Waals surface area contributed by atoms with Crippen molar-refractivity contribution in [1.29, 1.82) is 0 Å². The van der Waals surface area contributed by atoms with Gasteiger partial charge >= 0.3 is 0 Å². The molecular weight excluding hydrogens is 351 g/mol. The van der Waals surface area contributed by atoms with Gasteiger partial charge in [-0.05, 0) is 80.2 Å². The fraction of sp³-hybridized carbons (Fsp3) is 0.600. The maximum atomic E-state index is 14.4. The molecule has 2 N–H and O–H groups in total. The zero-order valence-electron chi connectivity index (χ0n) is 15.4. The van der Waals surface area contributed by atoms with E-state index in [0.29, 0.717) is 30.3 Å². The number of alkyl halides is 1. The number of aryl methyl sites for hydroxylation is 1. The maximum absolute atomic E-state index is 14.4. The molecule has 142 valence electrons. The van der Waals surface area contributed by atoms with Crippen LogP contribution in [0.25, 0.3) is 6.08 Å². The number of rotatable bonds is 4. The summed E-state index contributed by atoms with van der Waals surface area (Å²) in [5.41, 5.74) is 9.75. The van der Waals surface area contributed by atoms with Gasteiger partial charge in [-0.15, -0.1) is 0 Å². The molecule has 1 unspecified atom stereocenters. The summed E-state index contributed by atoms with van der Waals surface area (Å²) in [7, 11) is -2.70. The lowest BCUT2D eigenvalue weighted by Crippen LogP contribution is -2.37. The first kappa shape index (κ1) is 18.0. The molecule has 4 nitrogen and oxygen atoms in total. The molecule has 0 amide bonds. The standard InChI is InChI=1S/C20H27FN2O2S/c1-20(2,21)11-23-10-14-7-13-5-6-15(22)8-16(13)19(26(24)25)17(14)9-18(23)12-3-4-12/h7,9,12,15,26H,3-6,8,10-11,22H2,1-2H3. The molecule has 0 aromatic heterocycles. The Hall–Kier alpha value is -1.40. The summed E-state index contributed by atoms with van der Waals surface area (Å²) in [5, 5.41) is 0. The Morgan fingerprint density at radius 2 is 2.00 bits per heavy atom. The average molecular weight is 379 g/mol. The number of allylic oxidation sites excluding steroid dienone is 1. The summed E-state index contributed by atoms with van der Waals surface area (Å²) in [6.07, 6.45) is 6.52. The third kappa shape index (κ3) is 3.41. The normalized spacial score (nSPS) is 22.9. The van der Waals surface area contributed by atoms with E-state index in [4.69, 9.17) is 5.73 Å². The number of nitrogens with zero attached hydrogens (tertiary/aromatic N) is 1. The van der Waals surface area contributed by atoms with E-state index in [1.165, 1.54) is 0 Å². The molecule has 0 spiro atoms. The lowest BCUT2D eigenvalue weighted by atomic mass is 9.84. The number of thiol groups is 1. The monoisotopic (exact) mass is 378 g/mol. The smallest absolute Gasteiger partial charge is 0.169 e. The molecule has 4 rings (SSSR count). The molecule has 6 heteroatoms. The van der Waals surface area contributed by atoms with Gasteiger partial charge in [-0.2, -0.15) is 0 Å². The molecule has 0 radical (unpaired) electrons. The maximum Gasteiger partial charge on any atom is 0.169 e. The molecule has 1 fully saturated rings. The molecule has 1 heterocycles. The van der Waals surface area contributed by atoms with Crippen LogP contribution in [0.3, 0.4) is 0 Å². The second-order valence-electron chi connectivity index (χ2n) is 8.61. The van der Waals surface area contributed by atoms with E-state index < -0.39 is 16.4 Å². The van der Waals surface area contributed by atoms with Crippen molar-refractivity contribution in [3.8, 4) is 0 Å². The summed E-state index contributed by atoms with van der Waals surface area (Å²) < 4.78 is 38.6. The van der Waals surface area contributed by atoms with Crippen molar-refractivity contribution >= 4 is 16.8 Å². The average Bonchev–Trinajstić information content (AvgIpc) is 3.35. The van der Waals surface area contributed by atoms with Crippen LogP contribution in [-0.2, 0) is 30.1 Å². The first-order valence-electron chi connectivity index (χ1n) is 9.46. The Bertz CT molecular complexity index is 842. The quantitative estimate of drug-likeness (QED) is 0.791. The van der Waals surface area contributed by atoms with Crippen LogP contribution in [0.15, 0.2) is 16.7 Å². The Kier molecular flexibility index (Phi) is 4.39. The molecule has 0 saturated heterocycles. The number of nitrogens with two attached hydrogens (primary N) is 1. The third-order valence-corrected chi connectivity index (χ3v) is 6.51. The molecule has 1 aromatic carbocycles. The highest BCUT2D eigenvalue weighted by Crippen LogP contribution is 2.44. The Morgan fingerprint density at radius 3 is 2.62 bits per heavy atom. The second-order valence-corrected chi connectivity index (χ2v) is 9.58. The van der Waals surface area contributed by atoms with Crippen LogP contribution in [0, 0.1) is 5.92 Å². The van der Waals surface area contributed by atoms with E-state index in [0.717, 1.165) is 53.6 Å². The van der Waals surface area contributed by atoms with Gasteiger partial charge in [-0.3, -0.25) is 0 Å². The van der Waals surface area contributed by atoms with Crippen molar-refractivity contribution in [2.45, 2.75) is 69.1 Å². The van der Waals surface area contributed by atoms with Gasteiger partial charge in [0.2, 0.25) is 0 Å². The lowest BCUT2D eigenvalue weighted by Gasteiger charge is -2.37. The third-order valence-electron chi connectivity index (χ3n) is 5.64. The van der Waals surface area contributed by atoms with Crippen LogP contribution in [0.1, 0.15) is 55.4 Å². The summed E-state index contributed by atoms with van der Waals surface area (Å²) in [6.45, 7) is 4.11. The van der Waals surface area contributed by atoms with E-state index in [1.807, 2.05) is 6.08 Å². The molecule has 3 aliphatic rings. The first-order chi connectivity index (χ1) is 12.2. The summed E-state index contributed by atoms with van der Waals surface area (Å²) in [6, 6.07) is 2.16. The highest BCUT2D eigenvalue weighted by atomic mass is 32.2. The Morgan fingerprint density at radius 1 is 1.27 bits per heavy atom. The van der Waals surface area contributed by atoms with Gasteiger partial charge in [0, 0.05) is 18.3 Å². The summed E-state index contributed by atoms with van der Waals surface area (Å²) in [5.74, 6) is 0.432. The SMILES string of the molecule is CC(C)(F)CN1Cc2cc3c(c([SH](=O)=O)c2C=C1C1CC1)CC(N)CC3. The van der Waals surface area contributed by atoms with Gasteiger partial charge in [0.25, 0.3) is 0 Å². The number of hydrogen-bond acceptors (Lipinski definition) is 4. The molecule has 2 aliphatic carbocycles. The first-order valence-corrected chi connectivity index (χ1v) is 10.6. The number of fused-ring (bicyclic) bond motifs is 2. The topological polar surface area (TPSA) is 63.4 Å². The van der Waals surface area contributed by atoms with Gasteiger partial charge in [0.05, 0.1) is 11.4 Å². The Balaban J connectivity index is 1.85. The molecule has 26 heavy (non-hydrogen) atoms. The fourth-order valence-corrected chi connectivity index (χ4v) is 5.25. The summed E-state index contributed by atoms with van der Waals surface area (Å²) >= 11 is 0. The fourth-order valence-electron chi connectivity index (χ4n) is 4.39. The summed E-state index contributed by atoms with van der Waals surface area (Å²) in [4.78, 5) is 2.57. The van der Waals surface area contributed by atoms with Gasteiger partial charge in [0.15, 0.2) is 10.7 Å². The van der Waals surface area contributed by atoms with Crippen molar-refractivity contribution in [3.63, 3.8) is 0 Å². The van der Waals surface area contributed by atoms with Crippen LogP contribution in [0.5, 0.6) is 0 Å². The van der Waals surface area contributed by atoms with Crippen LogP contribution in [0.2, 0.25) is 0 Å². The highest BCUT2D eigenvalue weighted by Gasteiger charge is 2.36. The van der Waals surface area contributed by atoms with Crippen molar-refractivity contribution in [3.05, 3.63) is 34.0 Å². The second kappa shape index (κ2) is 6.34. The minimum atomic E-state index is -2.70. The van der Waals surface area contributed by atoms with E-state index in [-0.39, 0.29) is 6.04 Å². The largest absolute Gasteiger partial charge is 0.367 e. The predicted octanol–water partition coefficient (Wildman–Crippen LogP) is 2.79. The number of halogens is 1. The molecular formula is C20H27FN2O2S. The minimum absolute atomic E-state index is 0.0218. The van der Waals surface area contributed by atoms with Crippen molar-refractivity contribution in [1.82, 2.24) is 4.90 Å². The lowest BCUT2D eigenvalue weighted by molar-refractivity contribution is 0.139. The van der Waals surface area contributed by atoms with Crippen LogP contribution in [-0.4, -0.2) is 31.6 Å². The van der Waals surface area contributed by atoms with E-state index in [9.17, 15) is 12.8 Å². The van der Waals surface area contributed by atoms with Crippen molar-refractivity contribution in [2.24, 2.45) is 11.7 Å². The van der Waals surface area contributed by atoms with Gasteiger partial charge < -0.3 is 10.6 Å². The van der Waals surface area contributed by atoms with Gasteiger partial charge in [0.1, 0.15) is 5.67 Å². The van der Waals surface area contributed by atoms with E-state index in [2.05, 4.69) is 11.0 Å². The zero-order valence-corrected chi connectivity index (χ0v) is 16.3. The zero-order chi connectivity index (χ0) is 18.6. The number of hydrogen-bond donors (Lipinski definition) is 2. The van der Waals surface area contributed by atoms with E-state index >= 15 is 0 Å².